The van der Waals surface area contributed by atoms with E-state index in [1.54, 1.807) is 17.1 Å². The van der Waals surface area contributed by atoms with Gasteiger partial charge in [0.2, 0.25) is 0 Å². The standard InChI is InChI=1S/C27H27N5O2/c1-20-7-5-6-10-23(20)26-24(19-32(30-26)22-8-3-2-4-9-22)27(33)29-18-21-11-12-28-25(17-21)31-13-15-34-16-14-31/h2-12,17,19H,13-16,18H2,1H3,(H,29,33). The van der Waals surface area contributed by atoms with Crippen molar-refractivity contribution in [2.75, 3.05) is 31.2 Å². The zero-order chi connectivity index (χ0) is 23.3. The lowest BCUT2D eigenvalue weighted by Crippen LogP contribution is -2.36. The maximum Gasteiger partial charge on any atom is 0.255 e. The first-order chi connectivity index (χ1) is 16.7. The highest BCUT2D eigenvalue weighted by Crippen LogP contribution is 2.27. The van der Waals surface area contributed by atoms with E-state index in [2.05, 4.69) is 15.2 Å². The minimum absolute atomic E-state index is 0.162. The van der Waals surface area contributed by atoms with E-state index in [1.165, 1.54) is 0 Å². The van der Waals surface area contributed by atoms with E-state index in [0.717, 1.165) is 41.3 Å². The molecular weight excluding hydrogens is 426 g/mol. The second-order valence-corrected chi connectivity index (χ2v) is 8.29. The van der Waals surface area contributed by atoms with E-state index in [9.17, 15) is 4.79 Å². The molecule has 1 aliphatic heterocycles. The van der Waals surface area contributed by atoms with Gasteiger partial charge in [-0.05, 0) is 42.3 Å². The van der Waals surface area contributed by atoms with Crippen molar-refractivity contribution in [1.82, 2.24) is 20.1 Å². The average molecular weight is 454 g/mol. The van der Waals surface area contributed by atoms with Crippen molar-refractivity contribution < 1.29 is 9.53 Å². The van der Waals surface area contributed by atoms with Crippen LogP contribution in [0.1, 0.15) is 21.5 Å². The highest BCUT2D eigenvalue weighted by molar-refractivity contribution is 6.00. The van der Waals surface area contributed by atoms with E-state index in [4.69, 9.17) is 9.84 Å². The zero-order valence-electron chi connectivity index (χ0n) is 19.1. The number of anilines is 1. The Morgan fingerprint density at radius 1 is 1.03 bits per heavy atom. The molecule has 2 aromatic carbocycles. The van der Waals surface area contributed by atoms with Crippen LogP contribution in [0.4, 0.5) is 5.82 Å². The van der Waals surface area contributed by atoms with Gasteiger partial charge in [-0.1, -0.05) is 42.5 Å². The van der Waals surface area contributed by atoms with E-state index < -0.39 is 0 Å². The van der Waals surface area contributed by atoms with Gasteiger partial charge in [0.05, 0.1) is 24.5 Å². The van der Waals surface area contributed by atoms with Crippen LogP contribution in [0, 0.1) is 6.92 Å². The van der Waals surface area contributed by atoms with Gasteiger partial charge in [-0.15, -0.1) is 0 Å². The predicted molar refractivity (Wildman–Crippen MR) is 132 cm³/mol. The molecule has 1 fully saturated rings. The van der Waals surface area contributed by atoms with Crippen LogP contribution in [0.3, 0.4) is 0 Å². The molecule has 1 amide bonds. The third kappa shape index (κ3) is 4.70. The summed E-state index contributed by atoms with van der Waals surface area (Å²) in [5.41, 5.74) is 5.13. The molecule has 1 saturated heterocycles. The molecule has 3 heterocycles. The second-order valence-electron chi connectivity index (χ2n) is 8.29. The van der Waals surface area contributed by atoms with Crippen molar-refractivity contribution in [1.29, 1.82) is 0 Å². The Bertz CT molecular complexity index is 1280. The number of nitrogens with zero attached hydrogens (tertiary/aromatic N) is 4. The number of ether oxygens (including phenoxy) is 1. The smallest absolute Gasteiger partial charge is 0.255 e. The molecule has 1 aliphatic rings. The summed E-state index contributed by atoms with van der Waals surface area (Å²) >= 11 is 0. The van der Waals surface area contributed by atoms with Gasteiger partial charge in [0.15, 0.2) is 0 Å². The van der Waals surface area contributed by atoms with Gasteiger partial charge < -0.3 is 15.0 Å². The molecule has 34 heavy (non-hydrogen) atoms. The Hall–Kier alpha value is -3.97. The summed E-state index contributed by atoms with van der Waals surface area (Å²) in [5, 5.41) is 7.87. The number of aryl methyl sites for hydroxylation is 1. The highest BCUT2D eigenvalue weighted by atomic mass is 16.5. The predicted octanol–water partition coefficient (Wildman–Crippen LogP) is 4.01. The largest absolute Gasteiger partial charge is 0.378 e. The van der Waals surface area contributed by atoms with Gasteiger partial charge in [-0.3, -0.25) is 4.79 Å². The SMILES string of the molecule is Cc1ccccc1-c1nn(-c2ccccc2)cc1C(=O)NCc1ccnc(N2CCOCC2)c1. The summed E-state index contributed by atoms with van der Waals surface area (Å²) in [6.07, 6.45) is 3.59. The Morgan fingerprint density at radius 2 is 1.79 bits per heavy atom. The van der Waals surface area contributed by atoms with Crippen molar-refractivity contribution in [3.05, 3.63) is 95.8 Å². The summed E-state index contributed by atoms with van der Waals surface area (Å²) in [7, 11) is 0. The normalized spacial score (nSPS) is 13.6. The number of nitrogens with one attached hydrogen (secondary N) is 1. The second kappa shape index (κ2) is 9.89. The van der Waals surface area contributed by atoms with Crippen LogP contribution in [0.5, 0.6) is 0 Å². The van der Waals surface area contributed by atoms with Crippen molar-refractivity contribution in [3.63, 3.8) is 0 Å². The van der Waals surface area contributed by atoms with Crippen LogP contribution in [0.15, 0.2) is 79.1 Å². The maximum absolute atomic E-state index is 13.3. The molecule has 2 aromatic heterocycles. The first-order valence-corrected chi connectivity index (χ1v) is 11.5. The van der Waals surface area contributed by atoms with Crippen molar-refractivity contribution in [3.8, 4) is 16.9 Å². The summed E-state index contributed by atoms with van der Waals surface area (Å²) in [5.74, 6) is 0.748. The lowest BCUT2D eigenvalue weighted by molar-refractivity contribution is 0.0951. The fourth-order valence-corrected chi connectivity index (χ4v) is 4.10. The lowest BCUT2D eigenvalue weighted by atomic mass is 10.0. The van der Waals surface area contributed by atoms with E-state index in [1.807, 2.05) is 73.7 Å². The number of carbonyl (C=O) groups is 1. The number of para-hydroxylation sites is 1. The minimum atomic E-state index is -0.162. The summed E-state index contributed by atoms with van der Waals surface area (Å²) in [6, 6.07) is 21.8. The van der Waals surface area contributed by atoms with Crippen molar-refractivity contribution in [2.45, 2.75) is 13.5 Å². The van der Waals surface area contributed by atoms with Crippen molar-refractivity contribution >= 4 is 11.7 Å². The quantitative estimate of drug-likeness (QED) is 0.478. The molecule has 7 heteroatoms. The number of hydrogen-bond acceptors (Lipinski definition) is 5. The number of hydrogen-bond donors (Lipinski definition) is 1. The number of morpholine rings is 1. The molecule has 5 rings (SSSR count). The molecule has 0 aliphatic carbocycles. The topological polar surface area (TPSA) is 72.3 Å². The third-order valence-electron chi connectivity index (χ3n) is 5.98. The average Bonchev–Trinajstić information content (AvgIpc) is 3.34. The number of benzene rings is 2. The summed E-state index contributed by atoms with van der Waals surface area (Å²) in [6.45, 7) is 5.49. The maximum atomic E-state index is 13.3. The molecular formula is C27H27N5O2. The summed E-state index contributed by atoms with van der Waals surface area (Å²) in [4.78, 5) is 20.0. The van der Waals surface area contributed by atoms with Crippen molar-refractivity contribution in [2.24, 2.45) is 0 Å². The number of pyridine rings is 1. The zero-order valence-corrected chi connectivity index (χ0v) is 19.1. The third-order valence-corrected chi connectivity index (χ3v) is 5.98. The first kappa shape index (κ1) is 21.9. The Kier molecular flexibility index (Phi) is 6.35. The Morgan fingerprint density at radius 3 is 2.59 bits per heavy atom. The van der Waals surface area contributed by atoms with Gasteiger partial charge in [0.25, 0.3) is 5.91 Å². The van der Waals surface area contributed by atoms with Gasteiger partial charge in [-0.2, -0.15) is 5.10 Å². The highest BCUT2D eigenvalue weighted by Gasteiger charge is 2.20. The molecule has 7 nitrogen and oxygen atoms in total. The van der Waals surface area contributed by atoms with E-state index in [-0.39, 0.29) is 5.91 Å². The monoisotopic (exact) mass is 453 g/mol. The number of carbonyl (C=O) groups excluding carboxylic acids is 1. The minimum Gasteiger partial charge on any atom is -0.378 e. The fourth-order valence-electron chi connectivity index (χ4n) is 4.10. The van der Waals surface area contributed by atoms with Gasteiger partial charge in [0.1, 0.15) is 11.5 Å². The van der Waals surface area contributed by atoms with Crippen LogP contribution in [-0.4, -0.2) is 47.0 Å². The van der Waals surface area contributed by atoms with Crippen LogP contribution < -0.4 is 10.2 Å². The van der Waals surface area contributed by atoms with E-state index >= 15 is 0 Å². The summed E-state index contributed by atoms with van der Waals surface area (Å²) < 4.78 is 7.20. The number of rotatable bonds is 6. The molecule has 0 saturated carbocycles. The number of amides is 1. The fraction of sp³-hybridized carbons (Fsp3) is 0.222. The van der Waals surface area contributed by atoms with Crippen LogP contribution >= 0.6 is 0 Å². The number of aromatic nitrogens is 3. The van der Waals surface area contributed by atoms with E-state index in [0.29, 0.717) is 31.0 Å². The lowest BCUT2D eigenvalue weighted by Gasteiger charge is -2.28. The molecule has 0 spiro atoms. The van der Waals surface area contributed by atoms with Crippen LogP contribution in [0.2, 0.25) is 0 Å². The Balaban J connectivity index is 1.40. The first-order valence-electron chi connectivity index (χ1n) is 11.5. The molecule has 0 bridgehead atoms. The molecule has 1 N–H and O–H groups in total. The molecule has 0 radical (unpaired) electrons. The van der Waals surface area contributed by atoms with Crippen LogP contribution in [-0.2, 0) is 11.3 Å². The van der Waals surface area contributed by atoms with Gasteiger partial charge in [-0.25, -0.2) is 9.67 Å². The molecule has 172 valence electrons. The van der Waals surface area contributed by atoms with Gasteiger partial charge in [0, 0.05) is 37.6 Å². The Labute approximate surface area is 199 Å². The molecule has 4 aromatic rings. The van der Waals surface area contributed by atoms with Crippen LogP contribution in [0.25, 0.3) is 16.9 Å². The molecule has 0 unspecified atom stereocenters. The van der Waals surface area contributed by atoms with Gasteiger partial charge >= 0.3 is 0 Å². The molecule has 0 atom stereocenters.